The van der Waals surface area contributed by atoms with Gasteiger partial charge in [-0.15, -0.1) is 0 Å². The number of alkyl halides is 2. The first-order valence-corrected chi connectivity index (χ1v) is 8.11. The van der Waals surface area contributed by atoms with Gasteiger partial charge in [0.15, 0.2) is 0 Å². The molecule has 1 heterocycles. The number of hydrogen-bond acceptors (Lipinski definition) is 3. The van der Waals surface area contributed by atoms with Crippen LogP contribution < -0.4 is 5.32 Å². The average Bonchev–Trinajstić information content (AvgIpc) is 2.61. The molecule has 3 nitrogen and oxygen atoms in total. The molecule has 1 aliphatic rings. The molecular formula is C19H19F2N3. The van der Waals surface area contributed by atoms with E-state index in [9.17, 15) is 8.78 Å². The van der Waals surface area contributed by atoms with Gasteiger partial charge in [0, 0.05) is 18.3 Å². The van der Waals surface area contributed by atoms with Crippen molar-refractivity contribution < 1.29 is 8.78 Å². The fraction of sp³-hybridized carbons (Fsp3) is 0.368. The number of nitriles is 1. The fourth-order valence-electron chi connectivity index (χ4n) is 3.26. The molecule has 1 aliphatic carbocycles. The van der Waals surface area contributed by atoms with Crippen molar-refractivity contribution in [3.63, 3.8) is 0 Å². The zero-order valence-electron chi connectivity index (χ0n) is 13.5. The van der Waals surface area contributed by atoms with E-state index in [-0.39, 0.29) is 17.8 Å². The van der Waals surface area contributed by atoms with Gasteiger partial charge in [0.25, 0.3) is 6.43 Å². The first-order valence-electron chi connectivity index (χ1n) is 8.11. The van der Waals surface area contributed by atoms with E-state index >= 15 is 0 Å². The molecule has 124 valence electrons. The zero-order valence-corrected chi connectivity index (χ0v) is 13.5. The number of nitrogens with one attached hydrogen (secondary N) is 1. The highest BCUT2D eigenvalue weighted by Gasteiger charge is 2.22. The van der Waals surface area contributed by atoms with Crippen LogP contribution in [0.2, 0.25) is 0 Å². The smallest absolute Gasteiger partial charge is 0.280 e. The molecule has 0 aliphatic heterocycles. The second kappa shape index (κ2) is 7.06. The molecule has 2 unspecified atom stereocenters. The maximum atomic E-state index is 12.6. The molecule has 1 aromatic heterocycles. The predicted octanol–water partition coefficient (Wildman–Crippen LogP) is 4.62. The molecule has 1 N–H and O–H groups in total. The SMILES string of the molecule is CC(NC1CCCc2cc(C#N)ccc21)c1ccc(C(F)F)nc1. The molecule has 1 aromatic carbocycles. The van der Waals surface area contributed by atoms with Crippen LogP contribution in [-0.4, -0.2) is 4.98 Å². The van der Waals surface area contributed by atoms with Gasteiger partial charge in [-0.25, -0.2) is 8.78 Å². The Hall–Kier alpha value is -2.32. The highest BCUT2D eigenvalue weighted by molar-refractivity contribution is 5.41. The number of hydrogen-bond donors (Lipinski definition) is 1. The topological polar surface area (TPSA) is 48.7 Å². The number of rotatable bonds is 4. The summed E-state index contributed by atoms with van der Waals surface area (Å²) in [5, 5.41) is 12.6. The zero-order chi connectivity index (χ0) is 17.1. The summed E-state index contributed by atoms with van der Waals surface area (Å²) in [6, 6.07) is 11.3. The Bertz CT molecular complexity index is 750. The van der Waals surface area contributed by atoms with Gasteiger partial charge >= 0.3 is 0 Å². The van der Waals surface area contributed by atoms with Crippen molar-refractivity contribution in [2.45, 2.75) is 44.7 Å². The Morgan fingerprint density at radius 1 is 1.29 bits per heavy atom. The lowest BCUT2D eigenvalue weighted by atomic mass is 9.86. The van der Waals surface area contributed by atoms with Gasteiger partial charge in [-0.1, -0.05) is 12.1 Å². The molecule has 5 heteroatoms. The Morgan fingerprint density at radius 3 is 2.79 bits per heavy atom. The maximum Gasteiger partial charge on any atom is 0.280 e. The molecular weight excluding hydrogens is 308 g/mol. The molecule has 0 spiro atoms. The van der Waals surface area contributed by atoms with Crippen molar-refractivity contribution in [2.75, 3.05) is 0 Å². The van der Waals surface area contributed by atoms with Crippen LogP contribution in [0.3, 0.4) is 0 Å². The fourth-order valence-corrected chi connectivity index (χ4v) is 3.26. The van der Waals surface area contributed by atoms with Gasteiger partial charge in [0.05, 0.1) is 11.6 Å². The van der Waals surface area contributed by atoms with Gasteiger partial charge < -0.3 is 5.32 Å². The van der Waals surface area contributed by atoms with Crippen LogP contribution in [0.15, 0.2) is 36.5 Å². The number of nitrogens with zero attached hydrogens (tertiary/aromatic N) is 2. The molecule has 0 amide bonds. The summed E-state index contributed by atoms with van der Waals surface area (Å²) in [6.45, 7) is 2.01. The van der Waals surface area contributed by atoms with Crippen molar-refractivity contribution in [3.05, 3.63) is 64.5 Å². The third-order valence-corrected chi connectivity index (χ3v) is 4.57. The Kier molecular flexibility index (Phi) is 4.86. The molecule has 2 atom stereocenters. The number of pyridine rings is 1. The van der Waals surface area contributed by atoms with E-state index in [1.54, 1.807) is 6.07 Å². The largest absolute Gasteiger partial charge is 0.303 e. The van der Waals surface area contributed by atoms with Gasteiger partial charge in [0.1, 0.15) is 5.69 Å². The quantitative estimate of drug-likeness (QED) is 0.891. The lowest BCUT2D eigenvalue weighted by molar-refractivity contribution is 0.146. The van der Waals surface area contributed by atoms with E-state index in [1.165, 1.54) is 23.4 Å². The lowest BCUT2D eigenvalue weighted by Crippen LogP contribution is -2.28. The molecule has 2 aromatic rings. The minimum Gasteiger partial charge on any atom is -0.303 e. The van der Waals surface area contributed by atoms with E-state index in [0.717, 1.165) is 24.8 Å². The van der Waals surface area contributed by atoms with Crippen molar-refractivity contribution in [2.24, 2.45) is 0 Å². The van der Waals surface area contributed by atoms with E-state index in [4.69, 9.17) is 5.26 Å². The number of fused-ring (bicyclic) bond motifs is 1. The maximum absolute atomic E-state index is 12.6. The number of aromatic nitrogens is 1. The predicted molar refractivity (Wildman–Crippen MR) is 87.6 cm³/mol. The van der Waals surface area contributed by atoms with Gasteiger partial charge in [-0.3, -0.25) is 4.98 Å². The molecule has 0 radical (unpaired) electrons. The molecule has 0 saturated carbocycles. The summed E-state index contributed by atoms with van der Waals surface area (Å²) < 4.78 is 25.2. The molecule has 3 rings (SSSR count). The second-order valence-corrected chi connectivity index (χ2v) is 6.18. The first kappa shape index (κ1) is 16.5. The summed E-state index contributed by atoms with van der Waals surface area (Å²) in [7, 11) is 0. The third-order valence-electron chi connectivity index (χ3n) is 4.57. The van der Waals surface area contributed by atoms with E-state index in [1.807, 2.05) is 25.1 Å². The summed E-state index contributed by atoms with van der Waals surface area (Å²) in [4.78, 5) is 3.83. The molecule has 24 heavy (non-hydrogen) atoms. The summed E-state index contributed by atoms with van der Waals surface area (Å²) in [5.74, 6) is 0. The van der Waals surface area contributed by atoms with Crippen LogP contribution in [0.1, 0.15) is 66.2 Å². The number of aryl methyl sites for hydroxylation is 1. The highest BCUT2D eigenvalue weighted by atomic mass is 19.3. The third kappa shape index (κ3) is 3.44. The summed E-state index contributed by atoms with van der Waals surface area (Å²) >= 11 is 0. The monoisotopic (exact) mass is 327 g/mol. The van der Waals surface area contributed by atoms with Gasteiger partial charge in [0.2, 0.25) is 0 Å². The Morgan fingerprint density at radius 2 is 2.12 bits per heavy atom. The minimum atomic E-state index is -2.54. The Balaban J connectivity index is 1.76. The summed E-state index contributed by atoms with van der Waals surface area (Å²) in [5.41, 5.74) is 3.83. The standard InChI is InChI=1S/C19H19F2N3/c1-12(15-6-8-18(19(20)21)23-11-15)24-17-4-2-3-14-9-13(10-22)5-7-16(14)17/h5-9,11-12,17,19,24H,2-4H2,1H3. The normalized spacial score (nSPS) is 18.0. The van der Waals surface area contributed by atoms with Crippen molar-refractivity contribution in [3.8, 4) is 6.07 Å². The number of benzene rings is 1. The van der Waals surface area contributed by atoms with Crippen LogP contribution in [0.5, 0.6) is 0 Å². The van der Waals surface area contributed by atoms with Crippen LogP contribution in [0, 0.1) is 11.3 Å². The van der Waals surface area contributed by atoms with Crippen LogP contribution in [0.4, 0.5) is 8.78 Å². The van der Waals surface area contributed by atoms with Gasteiger partial charge in [-0.05, 0) is 61.1 Å². The molecule has 0 bridgehead atoms. The highest BCUT2D eigenvalue weighted by Crippen LogP contribution is 2.32. The van der Waals surface area contributed by atoms with Crippen molar-refractivity contribution >= 4 is 0 Å². The van der Waals surface area contributed by atoms with E-state index < -0.39 is 6.43 Å². The first-order chi connectivity index (χ1) is 11.6. The van der Waals surface area contributed by atoms with Crippen LogP contribution in [-0.2, 0) is 6.42 Å². The Labute approximate surface area is 140 Å². The van der Waals surface area contributed by atoms with Gasteiger partial charge in [-0.2, -0.15) is 5.26 Å². The lowest BCUT2D eigenvalue weighted by Gasteiger charge is -2.29. The van der Waals surface area contributed by atoms with Crippen LogP contribution >= 0.6 is 0 Å². The molecule has 0 saturated heterocycles. The average molecular weight is 327 g/mol. The van der Waals surface area contributed by atoms with E-state index in [2.05, 4.69) is 16.4 Å². The number of halogens is 2. The van der Waals surface area contributed by atoms with E-state index in [0.29, 0.717) is 5.56 Å². The minimum absolute atomic E-state index is 0.0100. The van der Waals surface area contributed by atoms with Crippen molar-refractivity contribution in [1.29, 1.82) is 5.26 Å². The van der Waals surface area contributed by atoms with Crippen LogP contribution in [0.25, 0.3) is 0 Å². The summed E-state index contributed by atoms with van der Waals surface area (Å²) in [6.07, 6.45) is 2.05. The molecule has 0 fully saturated rings. The van der Waals surface area contributed by atoms with Crippen molar-refractivity contribution in [1.82, 2.24) is 10.3 Å². The second-order valence-electron chi connectivity index (χ2n) is 6.18.